The van der Waals surface area contributed by atoms with E-state index in [9.17, 15) is 4.79 Å². The van der Waals surface area contributed by atoms with Crippen molar-refractivity contribution in [3.63, 3.8) is 0 Å². The zero-order valence-electron chi connectivity index (χ0n) is 15.4. The van der Waals surface area contributed by atoms with E-state index in [0.29, 0.717) is 5.56 Å². The van der Waals surface area contributed by atoms with Gasteiger partial charge in [0.15, 0.2) is 0 Å². The van der Waals surface area contributed by atoms with Gasteiger partial charge >= 0.3 is 0 Å². The molecular formula is C21H22N4OS. The number of fused-ring (bicyclic) bond motifs is 2. The second kappa shape index (κ2) is 7.48. The molecule has 2 N–H and O–H groups in total. The highest BCUT2D eigenvalue weighted by Gasteiger charge is 2.19. The molecule has 0 saturated heterocycles. The first-order chi connectivity index (χ1) is 13.2. The van der Waals surface area contributed by atoms with Crippen LogP contribution in [0.5, 0.6) is 0 Å². The summed E-state index contributed by atoms with van der Waals surface area (Å²) in [7, 11) is 1.99. The number of nitrogens with zero attached hydrogens (tertiary/aromatic N) is 2. The van der Waals surface area contributed by atoms with E-state index in [-0.39, 0.29) is 11.9 Å². The van der Waals surface area contributed by atoms with Crippen LogP contribution in [0.4, 0.5) is 0 Å². The number of carbonyl (C=O) groups excluding carboxylic acids is 1. The quantitative estimate of drug-likeness (QED) is 0.526. The van der Waals surface area contributed by atoms with Crippen LogP contribution in [-0.2, 0) is 7.05 Å². The average molecular weight is 379 g/mol. The lowest BCUT2D eigenvalue weighted by molar-refractivity contribution is 0.0934. The molecule has 6 heteroatoms. The SMILES string of the molecule is CSCCC(NC(=O)c1ccc2ccn(C)c2c1)c1nc2ccccc2[nH]1. The summed E-state index contributed by atoms with van der Waals surface area (Å²) in [5.41, 5.74) is 3.61. The van der Waals surface area contributed by atoms with E-state index >= 15 is 0 Å². The molecule has 27 heavy (non-hydrogen) atoms. The van der Waals surface area contributed by atoms with Crippen molar-refractivity contribution in [2.45, 2.75) is 12.5 Å². The molecule has 1 unspecified atom stereocenters. The van der Waals surface area contributed by atoms with E-state index in [0.717, 1.165) is 39.9 Å². The summed E-state index contributed by atoms with van der Waals surface area (Å²) in [5.74, 6) is 1.67. The zero-order valence-corrected chi connectivity index (χ0v) is 16.2. The summed E-state index contributed by atoms with van der Waals surface area (Å²) in [5, 5.41) is 4.30. The number of amides is 1. The summed E-state index contributed by atoms with van der Waals surface area (Å²) in [6.45, 7) is 0. The number of aryl methyl sites for hydroxylation is 1. The predicted octanol–water partition coefficient (Wildman–Crippen LogP) is 4.28. The van der Waals surface area contributed by atoms with Crippen molar-refractivity contribution in [1.82, 2.24) is 19.9 Å². The standard InChI is InChI=1S/C21H22N4OS/c1-25-11-9-14-7-8-15(13-19(14)25)21(26)24-18(10-12-27-2)20-22-16-5-3-4-6-17(16)23-20/h3-9,11,13,18H,10,12H2,1-2H3,(H,22,23)(H,24,26). The van der Waals surface area contributed by atoms with Gasteiger partial charge in [0.05, 0.1) is 17.1 Å². The topological polar surface area (TPSA) is 62.7 Å². The summed E-state index contributed by atoms with van der Waals surface area (Å²) in [6, 6.07) is 15.6. The molecule has 0 aliphatic heterocycles. The van der Waals surface area contributed by atoms with E-state index in [2.05, 4.69) is 21.5 Å². The predicted molar refractivity (Wildman–Crippen MR) is 112 cm³/mol. The van der Waals surface area contributed by atoms with Gasteiger partial charge in [0.25, 0.3) is 5.91 Å². The number of imidazole rings is 1. The monoisotopic (exact) mass is 378 g/mol. The van der Waals surface area contributed by atoms with E-state index in [1.165, 1.54) is 0 Å². The number of rotatable bonds is 6. The van der Waals surface area contributed by atoms with Crippen molar-refractivity contribution in [2.75, 3.05) is 12.0 Å². The molecule has 1 atom stereocenters. The van der Waals surface area contributed by atoms with Crippen LogP contribution in [0.15, 0.2) is 54.7 Å². The van der Waals surface area contributed by atoms with Gasteiger partial charge in [-0.05, 0) is 54.1 Å². The van der Waals surface area contributed by atoms with Crippen molar-refractivity contribution in [3.8, 4) is 0 Å². The van der Waals surface area contributed by atoms with Crippen molar-refractivity contribution in [1.29, 1.82) is 0 Å². The van der Waals surface area contributed by atoms with Crippen LogP contribution in [0.25, 0.3) is 21.9 Å². The third-order valence-corrected chi connectivity index (χ3v) is 5.45. The molecule has 138 valence electrons. The first-order valence-corrected chi connectivity index (χ1v) is 10.3. The smallest absolute Gasteiger partial charge is 0.251 e. The van der Waals surface area contributed by atoms with Crippen molar-refractivity contribution in [3.05, 3.63) is 66.1 Å². The molecule has 2 heterocycles. The highest BCUT2D eigenvalue weighted by Crippen LogP contribution is 2.22. The molecule has 4 rings (SSSR count). The van der Waals surface area contributed by atoms with Crippen molar-refractivity contribution in [2.24, 2.45) is 7.05 Å². The maximum absolute atomic E-state index is 12.9. The molecular weight excluding hydrogens is 356 g/mol. The minimum atomic E-state index is -0.151. The van der Waals surface area contributed by atoms with Gasteiger partial charge in [0.1, 0.15) is 5.82 Å². The zero-order chi connectivity index (χ0) is 18.8. The molecule has 0 fully saturated rings. The molecule has 0 saturated carbocycles. The number of nitrogens with one attached hydrogen (secondary N) is 2. The van der Waals surface area contributed by atoms with Gasteiger partial charge in [0, 0.05) is 24.3 Å². The summed E-state index contributed by atoms with van der Waals surface area (Å²) in [4.78, 5) is 21.0. The number of carbonyl (C=O) groups is 1. The first-order valence-electron chi connectivity index (χ1n) is 8.95. The highest BCUT2D eigenvalue weighted by molar-refractivity contribution is 7.98. The van der Waals surface area contributed by atoms with Crippen LogP contribution in [0.2, 0.25) is 0 Å². The number of hydrogen-bond acceptors (Lipinski definition) is 3. The van der Waals surface area contributed by atoms with Crippen LogP contribution in [-0.4, -0.2) is 32.5 Å². The number of aromatic amines is 1. The number of para-hydroxylation sites is 2. The molecule has 0 aliphatic carbocycles. The fraction of sp³-hybridized carbons (Fsp3) is 0.238. The van der Waals surface area contributed by atoms with Gasteiger partial charge in [-0.3, -0.25) is 4.79 Å². The molecule has 0 bridgehead atoms. The molecule has 0 aliphatic rings. The Kier molecular flexibility index (Phi) is 4.90. The Morgan fingerprint density at radius 1 is 1.26 bits per heavy atom. The van der Waals surface area contributed by atoms with E-state index in [4.69, 9.17) is 0 Å². The van der Waals surface area contributed by atoms with Crippen LogP contribution in [0, 0.1) is 0 Å². The number of thioether (sulfide) groups is 1. The lowest BCUT2D eigenvalue weighted by Crippen LogP contribution is -2.29. The maximum Gasteiger partial charge on any atom is 0.251 e. The third-order valence-electron chi connectivity index (χ3n) is 4.80. The molecule has 0 spiro atoms. The molecule has 1 amide bonds. The lowest BCUT2D eigenvalue weighted by atomic mass is 10.1. The lowest BCUT2D eigenvalue weighted by Gasteiger charge is -2.16. The van der Waals surface area contributed by atoms with Gasteiger partial charge in [-0.25, -0.2) is 4.98 Å². The maximum atomic E-state index is 12.9. The molecule has 2 aromatic carbocycles. The summed E-state index contributed by atoms with van der Waals surface area (Å²) >= 11 is 1.76. The summed E-state index contributed by atoms with van der Waals surface area (Å²) < 4.78 is 2.02. The first kappa shape index (κ1) is 17.7. The molecule has 2 aromatic heterocycles. The van der Waals surface area contributed by atoms with E-state index in [1.807, 2.05) is 66.3 Å². The van der Waals surface area contributed by atoms with E-state index in [1.54, 1.807) is 11.8 Å². The second-order valence-corrected chi connectivity index (χ2v) is 7.63. The van der Waals surface area contributed by atoms with Crippen molar-refractivity contribution < 1.29 is 4.79 Å². The molecule has 4 aromatic rings. The van der Waals surface area contributed by atoms with Crippen LogP contribution < -0.4 is 5.32 Å². The fourth-order valence-electron chi connectivity index (χ4n) is 3.30. The Labute approximate surface area is 162 Å². The Balaban J connectivity index is 1.61. The Morgan fingerprint density at radius 2 is 2.11 bits per heavy atom. The number of benzene rings is 2. The number of aromatic nitrogens is 3. The van der Waals surface area contributed by atoms with Crippen molar-refractivity contribution >= 4 is 39.6 Å². The van der Waals surface area contributed by atoms with Crippen LogP contribution in [0.1, 0.15) is 28.6 Å². The Hall–Kier alpha value is -2.73. The average Bonchev–Trinajstić information content (AvgIpc) is 3.28. The minimum absolute atomic E-state index is 0.0790. The third kappa shape index (κ3) is 3.57. The molecule has 5 nitrogen and oxygen atoms in total. The fourth-order valence-corrected chi connectivity index (χ4v) is 3.77. The normalized spacial score (nSPS) is 12.5. The Morgan fingerprint density at radius 3 is 2.93 bits per heavy atom. The minimum Gasteiger partial charge on any atom is -0.351 e. The summed E-state index contributed by atoms with van der Waals surface area (Å²) in [6.07, 6.45) is 4.89. The second-order valence-electron chi connectivity index (χ2n) is 6.65. The van der Waals surface area contributed by atoms with Gasteiger partial charge in [-0.1, -0.05) is 18.2 Å². The van der Waals surface area contributed by atoms with Gasteiger partial charge in [-0.15, -0.1) is 0 Å². The molecule has 0 radical (unpaired) electrons. The van der Waals surface area contributed by atoms with Gasteiger partial charge < -0.3 is 14.9 Å². The van der Waals surface area contributed by atoms with Gasteiger partial charge in [-0.2, -0.15) is 11.8 Å². The number of hydrogen-bond donors (Lipinski definition) is 2. The van der Waals surface area contributed by atoms with Gasteiger partial charge in [0.2, 0.25) is 0 Å². The number of H-pyrrole nitrogens is 1. The van der Waals surface area contributed by atoms with E-state index < -0.39 is 0 Å². The Bertz CT molecular complexity index is 1060. The van der Waals surface area contributed by atoms with Crippen LogP contribution >= 0.6 is 11.8 Å². The largest absolute Gasteiger partial charge is 0.351 e. The van der Waals surface area contributed by atoms with Crippen LogP contribution in [0.3, 0.4) is 0 Å². The highest BCUT2D eigenvalue weighted by atomic mass is 32.2.